The predicted octanol–water partition coefficient (Wildman–Crippen LogP) is 1.86. The van der Waals surface area contributed by atoms with Gasteiger partial charge in [-0.3, -0.25) is 4.79 Å². The van der Waals surface area contributed by atoms with E-state index in [4.69, 9.17) is 4.74 Å². The highest BCUT2D eigenvalue weighted by molar-refractivity contribution is 9.10. The second-order valence-electron chi connectivity index (χ2n) is 4.86. The Balaban J connectivity index is 1.66. The molecule has 104 valence electrons. The Hall–Kier alpha value is -1.07. The lowest BCUT2D eigenvalue weighted by Gasteiger charge is -2.27. The molecule has 1 aliphatic rings. The number of carbonyl (C=O) groups excluding carboxylic acids is 1. The van der Waals surface area contributed by atoms with Crippen LogP contribution in [0.2, 0.25) is 0 Å². The van der Waals surface area contributed by atoms with Crippen LogP contribution in [0.4, 0.5) is 0 Å². The molecule has 1 heterocycles. The van der Waals surface area contributed by atoms with E-state index >= 15 is 0 Å². The zero-order valence-electron chi connectivity index (χ0n) is 11.0. The molecule has 1 fully saturated rings. The van der Waals surface area contributed by atoms with Crippen LogP contribution in [0.25, 0.3) is 0 Å². The Kier molecular flexibility index (Phi) is 5.22. The Bertz CT molecular complexity index is 447. The van der Waals surface area contributed by atoms with Crippen LogP contribution in [0.15, 0.2) is 22.7 Å². The Morgan fingerprint density at radius 3 is 2.95 bits per heavy atom. The predicted molar refractivity (Wildman–Crippen MR) is 78.4 cm³/mol. The summed E-state index contributed by atoms with van der Waals surface area (Å²) in [5.41, 5.74) is 1.17. The van der Waals surface area contributed by atoms with Gasteiger partial charge in [-0.2, -0.15) is 0 Å². The smallest absolute Gasteiger partial charge is 0.223 e. The van der Waals surface area contributed by atoms with Crippen molar-refractivity contribution in [2.24, 2.45) is 5.92 Å². The van der Waals surface area contributed by atoms with Crippen LogP contribution in [-0.2, 0) is 4.79 Å². The first kappa shape index (κ1) is 14.3. The molecule has 5 heteroatoms. The summed E-state index contributed by atoms with van der Waals surface area (Å²) in [5.74, 6) is 1.42. The van der Waals surface area contributed by atoms with Crippen molar-refractivity contribution in [2.75, 3.05) is 26.2 Å². The molecule has 1 aromatic rings. The standard InChI is InChI=1S/C14H19BrN2O2/c1-10-2-3-13(12(15)6-10)19-5-4-14(18)17-9-11-7-16-8-11/h2-3,6,11,16H,4-5,7-9H2,1H3,(H,17,18). The third kappa shape index (κ3) is 4.51. The van der Waals surface area contributed by atoms with E-state index in [0.29, 0.717) is 18.9 Å². The van der Waals surface area contributed by atoms with E-state index in [1.54, 1.807) is 0 Å². The fraction of sp³-hybridized carbons (Fsp3) is 0.500. The number of ether oxygens (including phenoxy) is 1. The Labute approximate surface area is 122 Å². The number of hydrogen-bond donors (Lipinski definition) is 2. The summed E-state index contributed by atoms with van der Waals surface area (Å²) >= 11 is 3.45. The van der Waals surface area contributed by atoms with Crippen molar-refractivity contribution in [3.8, 4) is 5.75 Å². The first-order valence-electron chi connectivity index (χ1n) is 6.51. The fourth-order valence-electron chi connectivity index (χ4n) is 1.82. The molecular formula is C14H19BrN2O2. The molecule has 1 aromatic carbocycles. The normalized spacial score (nSPS) is 14.8. The molecule has 0 radical (unpaired) electrons. The van der Waals surface area contributed by atoms with Gasteiger partial charge in [0.25, 0.3) is 0 Å². The van der Waals surface area contributed by atoms with Gasteiger partial charge in [-0.1, -0.05) is 6.07 Å². The Morgan fingerprint density at radius 2 is 2.32 bits per heavy atom. The molecule has 1 amide bonds. The third-order valence-corrected chi connectivity index (χ3v) is 3.75. The van der Waals surface area contributed by atoms with E-state index in [1.807, 2.05) is 25.1 Å². The van der Waals surface area contributed by atoms with Crippen LogP contribution >= 0.6 is 15.9 Å². The average molecular weight is 327 g/mol. The van der Waals surface area contributed by atoms with Crippen LogP contribution in [0, 0.1) is 12.8 Å². The second-order valence-corrected chi connectivity index (χ2v) is 5.72. The summed E-state index contributed by atoms with van der Waals surface area (Å²) in [6, 6.07) is 5.90. The van der Waals surface area contributed by atoms with Crippen LogP contribution in [0.1, 0.15) is 12.0 Å². The van der Waals surface area contributed by atoms with Gasteiger partial charge in [-0.05, 0) is 40.5 Å². The quantitative estimate of drug-likeness (QED) is 0.839. The highest BCUT2D eigenvalue weighted by Gasteiger charge is 2.16. The summed E-state index contributed by atoms with van der Waals surface area (Å²) < 4.78 is 6.51. The van der Waals surface area contributed by atoms with Gasteiger partial charge in [-0.25, -0.2) is 0 Å². The van der Waals surface area contributed by atoms with Crippen molar-refractivity contribution < 1.29 is 9.53 Å². The number of rotatable bonds is 6. The minimum absolute atomic E-state index is 0.0511. The third-order valence-electron chi connectivity index (χ3n) is 3.13. The van der Waals surface area contributed by atoms with Gasteiger partial charge in [0.1, 0.15) is 5.75 Å². The zero-order chi connectivity index (χ0) is 13.7. The number of hydrogen-bond acceptors (Lipinski definition) is 3. The lowest BCUT2D eigenvalue weighted by Crippen LogP contribution is -2.48. The lowest BCUT2D eigenvalue weighted by molar-refractivity contribution is -0.121. The first-order chi connectivity index (χ1) is 9.15. The van der Waals surface area contributed by atoms with Crippen molar-refractivity contribution in [1.29, 1.82) is 0 Å². The minimum Gasteiger partial charge on any atom is -0.492 e. The lowest BCUT2D eigenvalue weighted by atomic mass is 10.0. The molecule has 4 nitrogen and oxygen atoms in total. The summed E-state index contributed by atoms with van der Waals surface area (Å²) in [6.07, 6.45) is 0.389. The van der Waals surface area contributed by atoms with E-state index < -0.39 is 0 Å². The van der Waals surface area contributed by atoms with Gasteiger partial charge >= 0.3 is 0 Å². The average Bonchev–Trinajstić information content (AvgIpc) is 2.30. The molecule has 1 saturated heterocycles. The molecule has 0 aromatic heterocycles. The number of halogens is 1. The van der Waals surface area contributed by atoms with Crippen molar-refractivity contribution in [3.63, 3.8) is 0 Å². The van der Waals surface area contributed by atoms with Crippen LogP contribution in [-0.4, -0.2) is 32.1 Å². The van der Waals surface area contributed by atoms with Crippen molar-refractivity contribution in [1.82, 2.24) is 10.6 Å². The van der Waals surface area contributed by atoms with Crippen molar-refractivity contribution in [2.45, 2.75) is 13.3 Å². The molecule has 0 bridgehead atoms. The van der Waals surface area contributed by atoms with Gasteiger partial charge in [0.15, 0.2) is 0 Å². The first-order valence-corrected chi connectivity index (χ1v) is 7.31. The largest absolute Gasteiger partial charge is 0.492 e. The molecule has 0 aliphatic carbocycles. The minimum atomic E-state index is 0.0511. The highest BCUT2D eigenvalue weighted by atomic mass is 79.9. The molecule has 0 spiro atoms. The maximum Gasteiger partial charge on any atom is 0.223 e. The van der Waals surface area contributed by atoms with Crippen LogP contribution < -0.4 is 15.4 Å². The van der Waals surface area contributed by atoms with E-state index in [0.717, 1.165) is 29.9 Å². The van der Waals surface area contributed by atoms with Crippen LogP contribution in [0.3, 0.4) is 0 Å². The number of nitrogens with one attached hydrogen (secondary N) is 2. The van der Waals surface area contributed by atoms with Crippen molar-refractivity contribution in [3.05, 3.63) is 28.2 Å². The van der Waals surface area contributed by atoms with Crippen molar-refractivity contribution >= 4 is 21.8 Å². The number of aryl methyl sites for hydroxylation is 1. The van der Waals surface area contributed by atoms with Gasteiger partial charge < -0.3 is 15.4 Å². The van der Waals surface area contributed by atoms with Gasteiger partial charge in [0.05, 0.1) is 17.5 Å². The highest BCUT2D eigenvalue weighted by Crippen LogP contribution is 2.25. The number of carbonyl (C=O) groups is 1. The molecule has 0 saturated carbocycles. The van der Waals surface area contributed by atoms with E-state index in [1.165, 1.54) is 5.56 Å². The monoisotopic (exact) mass is 326 g/mol. The number of amides is 1. The molecule has 2 rings (SSSR count). The molecule has 1 aliphatic heterocycles. The van der Waals surface area contributed by atoms with E-state index in [2.05, 4.69) is 26.6 Å². The van der Waals surface area contributed by atoms with Crippen LogP contribution in [0.5, 0.6) is 5.75 Å². The molecule has 0 atom stereocenters. The second kappa shape index (κ2) is 6.91. The summed E-state index contributed by atoms with van der Waals surface area (Å²) in [5, 5.41) is 6.10. The number of benzene rings is 1. The van der Waals surface area contributed by atoms with Gasteiger partial charge in [0.2, 0.25) is 5.91 Å². The zero-order valence-corrected chi connectivity index (χ0v) is 12.6. The van der Waals surface area contributed by atoms with E-state index in [9.17, 15) is 4.79 Å². The molecular weight excluding hydrogens is 308 g/mol. The maximum absolute atomic E-state index is 11.6. The molecule has 0 unspecified atom stereocenters. The summed E-state index contributed by atoms with van der Waals surface area (Å²) in [4.78, 5) is 11.6. The molecule has 19 heavy (non-hydrogen) atoms. The Morgan fingerprint density at radius 1 is 1.53 bits per heavy atom. The van der Waals surface area contributed by atoms with Gasteiger partial charge in [-0.15, -0.1) is 0 Å². The van der Waals surface area contributed by atoms with Gasteiger partial charge in [0, 0.05) is 25.6 Å². The summed E-state index contributed by atoms with van der Waals surface area (Å²) in [6.45, 7) is 5.20. The molecule has 2 N–H and O–H groups in total. The van der Waals surface area contributed by atoms with E-state index in [-0.39, 0.29) is 5.91 Å². The topological polar surface area (TPSA) is 50.4 Å². The maximum atomic E-state index is 11.6. The summed E-state index contributed by atoms with van der Waals surface area (Å²) in [7, 11) is 0. The SMILES string of the molecule is Cc1ccc(OCCC(=O)NCC2CNC2)c(Br)c1. The fourth-order valence-corrected chi connectivity index (χ4v) is 2.42.